The van der Waals surface area contributed by atoms with E-state index in [0.29, 0.717) is 24.2 Å². The summed E-state index contributed by atoms with van der Waals surface area (Å²) in [5.41, 5.74) is 2.33. The molecule has 1 saturated heterocycles. The van der Waals surface area contributed by atoms with E-state index in [0.717, 1.165) is 49.7 Å². The van der Waals surface area contributed by atoms with Crippen molar-refractivity contribution < 1.29 is 9.53 Å². The molecule has 2 atom stereocenters. The monoisotopic (exact) mass is 417 g/mol. The third kappa shape index (κ3) is 4.18. The number of carbonyl (C=O) groups excluding carboxylic acids is 1. The Hall–Kier alpha value is -3.19. The van der Waals surface area contributed by atoms with E-state index in [-0.39, 0.29) is 5.91 Å². The quantitative estimate of drug-likeness (QED) is 0.667. The number of hydrogen-bond acceptors (Lipinski definition) is 5. The molecule has 0 unspecified atom stereocenters. The van der Waals surface area contributed by atoms with Crippen LogP contribution in [0.5, 0.6) is 5.75 Å². The fourth-order valence-electron chi connectivity index (χ4n) is 4.80. The summed E-state index contributed by atoms with van der Waals surface area (Å²) in [7, 11) is 1.70. The van der Waals surface area contributed by atoms with Crippen molar-refractivity contribution in [2.24, 2.45) is 11.8 Å². The van der Waals surface area contributed by atoms with Crippen LogP contribution in [0.4, 0.5) is 0 Å². The molecule has 2 aliphatic heterocycles. The van der Waals surface area contributed by atoms with Gasteiger partial charge in [0.05, 0.1) is 7.11 Å². The van der Waals surface area contributed by atoms with Crippen molar-refractivity contribution in [2.45, 2.75) is 26.1 Å². The van der Waals surface area contributed by atoms with Gasteiger partial charge in [0.1, 0.15) is 11.6 Å². The molecule has 0 spiro atoms. The number of hydrogen-bond donors (Lipinski definition) is 1. The molecule has 3 aromatic rings. The van der Waals surface area contributed by atoms with Gasteiger partial charge in [0.2, 0.25) is 5.82 Å². The first-order chi connectivity index (χ1) is 15.2. The number of methoxy groups -OCH3 is 1. The van der Waals surface area contributed by atoms with E-state index in [9.17, 15) is 4.79 Å². The third-order valence-corrected chi connectivity index (χ3v) is 6.38. The van der Waals surface area contributed by atoms with Crippen molar-refractivity contribution in [3.63, 3.8) is 0 Å². The highest BCUT2D eigenvalue weighted by Crippen LogP contribution is 2.33. The van der Waals surface area contributed by atoms with Crippen molar-refractivity contribution in [1.82, 2.24) is 25.0 Å². The zero-order chi connectivity index (χ0) is 21.2. The molecule has 1 amide bonds. The summed E-state index contributed by atoms with van der Waals surface area (Å²) in [5, 5.41) is 11.5. The zero-order valence-corrected chi connectivity index (χ0v) is 17.7. The van der Waals surface area contributed by atoms with Gasteiger partial charge in [-0.2, -0.15) is 0 Å². The van der Waals surface area contributed by atoms with Gasteiger partial charge in [0, 0.05) is 39.1 Å². The largest absolute Gasteiger partial charge is 0.497 e. The third-order valence-electron chi connectivity index (χ3n) is 6.38. The van der Waals surface area contributed by atoms with E-state index in [1.165, 1.54) is 5.56 Å². The lowest BCUT2D eigenvalue weighted by Crippen LogP contribution is -2.32. The highest BCUT2D eigenvalue weighted by atomic mass is 16.5. The van der Waals surface area contributed by atoms with E-state index >= 15 is 0 Å². The molecule has 7 heteroatoms. The maximum absolute atomic E-state index is 12.8. The van der Waals surface area contributed by atoms with E-state index in [1.54, 1.807) is 7.11 Å². The van der Waals surface area contributed by atoms with Crippen molar-refractivity contribution >= 4 is 5.91 Å². The van der Waals surface area contributed by atoms with Crippen LogP contribution in [0.1, 0.15) is 27.6 Å². The lowest BCUT2D eigenvalue weighted by atomic mass is 9.89. The standard InChI is InChI=1S/C24H27N5O2/c1-31-21-9-5-8-18(10-21)13-28-14-19-11-22-26-27-23(29(22)16-20(19)15-28)24(30)25-12-17-6-3-2-4-7-17/h2-10,19-20H,11-16H2,1H3,(H,25,30)/t19-,20-/m1/s1. The first-order valence-electron chi connectivity index (χ1n) is 10.8. The summed E-state index contributed by atoms with van der Waals surface area (Å²) in [5.74, 6) is 3.15. The molecule has 1 aromatic heterocycles. The minimum Gasteiger partial charge on any atom is -0.497 e. The number of rotatable bonds is 6. The van der Waals surface area contributed by atoms with Crippen molar-refractivity contribution in [1.29, 1.82) is 0 Å². The van der Waals surface area contributed by atoms with Crippen molar-refractivity contribution in [2.75, 3.05) is 20.2 Å². The van der Waals surface area contributed by atoms with E-state index < -0.39 is 0 Å². The summed E-state index contributed by atoms with van der Waals surface area (Å²) in [6.45, 7) is 4.27. The number of fused-ring (bicyclic) bond motifs is 2. The molecular weight excluding hydrogens is 390 g/mol. The fourth-order valence-corrected chi connectivity index (χ4v) is 4.80. The van der Waals surface area contributed by atoms with Gasteiger partial charge < -0.3 is 14.6 Å². The minimum absolute atomic E-state index is 0.160. The maximum Gasteiger partial charge on any atom is 0.289 e. The number of nitrogens with one attached hydrogen (secondary N) is 1. The summed E-state index contributed by atoms with van der Waals surface area (Å²) in [4.78, 5) is 15.3. The lowest BCUT2D eigenvalue weighted by molar-refractivity contribution is 0.0932. The Labute approximate surface area is 182 Å². The smallest absolute Gasteiger partial charge is 0.289 e. The normalized spacial score (nSPS) is 20.2. The van der Waals surface area contributed by atoms with Crippen molar-refractivity contribution in [3.8, 4) is 5.75 Å². The summed E-state index contributed by atoms with van der Waals surface area (Å²) in [6.07, 6.45) is 0.873. The average molecular weight is 418 g/mol. The predicted molar refractivity (Wildman–Crippen MR) is 117 cm³/mol. The van der Waals surface area contributed by atoms with Crippen LogP contribution in [-0.2, 0) is 26.1 Å². The van der Waals surface area contributed by atoms with E-state index in [1.807, 2.05) is 47.0 Å². The Kier molecular flexibility index (Phi) is 5.42. The molecule has 7 nitrogen and oxygen atoms in total. The second-order valence-electron chi connectivity index (χ2n) is 8.49. The Morgan fingerprint density at radius 2 is 1.84 bits per heavy atom. The summed E-state index contributed by atoms with van der Waals surface area (Å²) < 4.78 is 7.38. The molecule has 2 aromatic carbocycles. The molecule has 0 radical (unpaired) electrons. The van der Waals surface area contributed by atoms with Crippen LogP contribution in [0.15, 0.2) is 54.6 Å². The van der Waals surface area contributed by atoms with Gasteiger partial charge in [-0.3, -0.25) is 9.69 Å². The molecular formula is C24H27N5O2. The van der Waals surface area contributed by atoms with Crippen LogP contribution in [0.25, 0.3) is 0 Å². The molecule has 3 heterocycles. The van der Waals surface area contributed by atoms with E-state index in [4.69, 9.17) is 4.74 Å². The number of carbonyl (C=O) groups is 1. The second-order valence-corrected chi connectivity index (χ2v) is 8.49. The molecule has 0 bridgehead atoms. The topological polar surface area (TPSA) is 72.3 Å². The number of nitrogens with zero attached hydrogens (tertiary/aromatic N) is 4. The number of ether oxygens (including phenoxy) is 1. The first-order valence-corrected chi connectivity index (χ1v) is 10.8. The number of amides is 1. The molecule has 1 N–H and O–H groups in total. The van der Waals surface area contributed by atoms with Crippen LogP contribution >= 0.6 is 0 Å². The number of benzene rings is 2. The van der Waals surface area contributed by atoms with Gasteiger partial charge in [0.25, 0.3) is 5.91 Å². The summed E-state index contributed by atoms with van der Waals surface area (Å²) >= 11 is 0. The highest BCUT2D eigenvalue weighted by molar-refractivity contribution is 5.90. The van der Waals surface area contributed by atoms with Crippen LogP contribution < -0.4 is 10.1 Å². The maximum atomic E-state index is 12.8. The van der Waals surface area contributed by atoms with Gasteiger partial charge in [-0.15, -0.1) is 10.2 Å². The van der Waals surface area contributed by atoms with Gasteiger partial charge in [-0.05, 0) is 35.1 Å². The van der Waals surface area contributed by atoms with Gasteiger partial charge in [0.15, 0.2) is 0 Å². The molecule has 2 aliphatic rings. The Morgan fingerprint density at radius 1 is 1.03 bits per heavy atom. The molecule has 31 heavy (non-hydrogen) atoms. The van der Waals surface area contributed by atoms with Gasteiger partial charge >= 0.3 is 0 Å². The minimum atomic E-state index is -0.160. The number of likely N-dealkylation sites (tertiary alicyclic amines) is 1. The molecule has 0 aliphatic carbocycles. The highest BCUT2D eigenvalue weighted by Gasteiger charge is 2.39. The van der Waals surface area contributed by atoms with Crippen LogP contribution in [0.2, 0.25) is 0 Å². The Balaban J connectivity index is 1.23. The van der Waals surface area contributed by atoms with Crippen molar-refractivity contribution in [3.05, 3.63) is 77.4 Å². The first kappa shape index (κ1) is 19.8. The number of aromatic nitrogens is 3. The van der Waals surface area contributed by atoms with Crippen LogP contribution in [0, 0.1) is 11.8 Å². The lowest BCUT2D eigenvalue weighted by Gasteiger charge is -2.25. The van der Waals surface area contributed by atoms with Crippen LogP contribution in [0.3, 0.4) is 0 Å². The van der Waals surface area contributed by atoms with Gasteiger partial charge in [-0.1, -0.05) is 42.5 Å². The molecule has 5 rings (SSSR count). The Bertz CT molecular complexity index is 1060. The van der Waals surface area contributed by atoms with E-state index in [2.05, 4.69) is 32.5 Å². The van der Waals surface area contributed by atoms with Gasteiger partial charge in [-0.25, -0.2) is 0 Å². The molecule has 1 fully saturated rings. The predicted octanol–water partition coefficient (Wildman–Crippen LogP) is 2.52. The zero-order valence-electron chi connectivity index (χ0n) is 17.7. The fraction of sp³-hybridized carbons (Fsp3) is 0.375. The molecule has 0 saturated carbocycles. The molecule has 160 valence electrons. The Morgan fingerprint density at radius 3 is 2.68 bits per heavy atom. The van der Waals surface area contributed by atoms with Crippen LogP contribution in [-0.4, -0.2) is 45.8 Å². The summed E-state index contributed by atoms with van der Waals surface area (Å²) in [6, 6.07) is 18.2. The average Bonchev–Trinajstić information content (AvgIpc) is 3.39. The SMILES string of the molecule is COc1cccc(CN2C[C@H]3Cc4nnc(C(=O)NCc5ccccc5)n4C[C@H]3C2)c1. The second kappa shape index (κ2) is 8.51.